The first-order chi connectivity index (χ1) is 12.8. The Morgan fingerprint density at radius 3 is 2.63 bits per heavy atom. The van der Waals surface area contributed by atoms with Gasteiger partial charge in [0.15, 0.2) is 5.75 Å². The Balaban J connectivity index is 1.90. The molecule has 0 saturated carbocycles. The highest BCUT2D eigenvalue weighted by Gasteiger charge is 2.44. The molecule has 0 aliphatic carbocycles. The predicted molar refractivity (Wildman–Crippen MR) is 101 cm³/mol. The number of nitrogens with zero attached hydrogens (tertiary/aromatic N) is 1. The minimum atomic E-state index is -0.889. The Bertz CT molecular complexity index is 823. The van der Waals surface area contributed by atoms with E-state index in [9.17, 15) is 15.2 Å². The molecule has 2 unspecified atom stereocenters. The van der Waals surface area contributed by atoms with Crippen LogP contribution in [0, 0.1) is 10.1 Å². The Morgan fingerprint density at radius 2 is 2.00 bits per heavy atom. The van der Waals surface area contributed by atoms with Crippen molar-refractivity contribution in [2.24, 2.45) is 0 Å². The van der Waals surface area contributed by atoms with Crippen LogP contribution in [0.15, 0.2) is 42.5 Å². The Hall–Kier alpha value is -2.64. The second-order valence-electron chi connectivity index (χ2n) is 7.14. The summed E-state index contributed by atoms with van der Waals surface area (Å²) in [6, 6.07) is 12.6. The summed E-state index contributed by atoms with van der Waals surface area (Å²) in [5.41, 5.74) is 0.788. The lowest BCUT2D eigenvalue weighted by molar-refractivity contribution is -0.385. The molecular formula is C20H24N2O5. The minimum absolute atomic E-state index is 0.143. The van der Waals surface area contributed by atoms with E-state index < -0.39 is 22.7 Å². The molecule has 27 heavy (non-hydrogen) atoms. The third-order valence-corrected chi connectivity index (χ3v) is 4.86. The molecule has 0 radical (unpaired) electrons. The van der Waals surface area contributed by atoms with E-state index in [0.29, 0.717) is 17.9 Å². The average molecular weight is 372 g/mol. The normalized spacial score (nSPS) is 20.4. The maximum atomic E-state index is 11.3. The topological polar surface area (TPSA) is 93.9 Å². The van der Waals surface area contributed by atoms with Gasteiger partial charge in [-0.2, -0.15) is 0 Å². The molecule has 144 valence electrons. The van der Waals surface area contributed by atoms with E-state index in [4.69, 9.17) is 9.47 Å². The zero-order valence-corrected chi connectivity index (χ0v) is 15.6. The first-order valence-corrected chi connectivity index (χ1v) is 8.84. The number of hydrogen-bond donors (Lipinski definition) is 2. The molecule has 2 N–H and O–H groups in total. The van der Waals surface area contributed by atoms with Crippen LogP contribution >= 0.6 is 0 Å². The van der Waals surface area contributed by atoms with Crippen molar-refractivity contribution in [3.8, 4) is 11.5 Å². The lowest BCUT2D eigenvalue weighted by Crippen LogP contribution is -2.52. The molecule has 7 nitrogen and oxygen atoms in total. The fourth-order valence-electron chi connectivity index (χ4n) is 3.36. The molecular weight excluding hydrogens is 348 g/mol. The molecule has 2 atom stereocenters. The molecule has 0 saturated heterocycles. The van der Waals surface area contributed by atoms with Crippen molar-refractivity contribution < 1.29 is 19.5 Å². The molecule has 0 bridgehead atoms. The molecule has 0 fully saturated rings. The maximum absolute atomic E-state index is 11.3. The van der Waals surface area contributed by atoms with Gasteiger partial charge in [0.1, 0.15) is 17.5 Å². The summed E-state index contributed by atoms with van der Waals surface area (Å²) >= 11 is 0. The fourth-order valence-corrected chi connectivity index (χ4v) is 3.36. The van der Waals surface area contributed by atoms with Crippen LogP contribution in [0.5, 0.6) is 11.5 Å². The van der Waals surface area contributed by atoms with Crippen molar-refractivity contribution in [1.82, 2.24) is 5.32 Å². The van der Waals surface area contributed by atoms with Gasteiger partial charge >= 0.3 is 5.69 Å². The van der Waals surface area contributed by atoms with Crippen molar-refractivity contribution in [1.29, 1.82) is 0 Å². The fraction of sp³-hybridized carbons (Fsp3) is 0.400. The van der Waals surface area contributed by atoms with Gasteiger partial charge in [-0.3, -0.25) is 10.1 Å². The lowest BCUT2D eigenvalue weighted by Gasteiger charge is -2.42. The summed E-state index contributed by atoms with van der Waals surface area (Å²) < 4.78 is 11.0. The number of benzene rings is 2. The van der Waals surface area contributed by atoms with Gasteiger partial charge in [0.25, 0.3) is 0 Å². The number of fused-ring (bicyclic) bond motifs is 1. The lowest BCUT2D eigenvalue weighted by atomic mass is 9.86. The Morgan fingerprint density at radius 1 is 1.30 bits per heavy atom. The number of methoxy groups -OCH3 is 1. The van der Waals surface area contributed by atoms with Crippen molar-refractivity contribution in [2.75, 3.05) is 13.7 Å². The van der Waals surface area contributed by atoms with Crippen LogP contribution in [-0.4, -0.2) is 35.4 Å². The predicted octanol–water partition coefficient (Wildman–Crippen LogP) is 3.01. The number of aliphatic hydroxyl groups excluding tert-OH is 1. The van der Waals surface area contributed by atoms with Crippen LogP contribution in [0.4, 0.5) is 5.69 Å². The molecule has 0 aromatic heterocycles. The minimum Gasteiger partial charge on any atom is -0.490 e. The molecule has 1 aliphatic rings. The number of nitro groups is 1. The van der Waals surface area contributed by atoms with Crippen LogP contribution < -0.4 is 14.8 Å². The summed E-state index contributed by atoms with van der Waals surface area (Å²) in [4.78, 5) is 10.8. The van der Waals surface area contributed by atoms with Gasteiger partial charge in [-0.25, -0.2) is 0 Å². The summed E-state index contributed by atoms with van der Waals surface area (Å²) in [6.45, 7) is 4.17. The molecule has 1 aliphatic heterocycles. The standard InChI is InChI=1S/C20H24N2O5/c1-20(2)19(23)18(21-10-9-13-7-5-4-6-8-13)14-11-17(26-3)15(22(24)25)12-16(14)27-20/h4-8,11-12,18-19,21,23H,9-10H2,1-3H3. The van der Waals surface area contributed by atoms with Gasteiger partial charge in [0, 0.05) is 5.56 Å². The molecule has 2 aromatic carbocycles. The highest BCUT2D eigenvalue weighted by Crippen LogP contribution is 2.44. The molecule has 3 rings (SSSR count). The first-order valence-electron chi connectivity index (χ1n) is 8.84. The van der Waals surface area contributed by atoms with Gasteiger partial charge in [-0.05, 0) is 38.4 Å². The molecule has 1 heterocycles. The molecule has 0 amide bonds. The highest BCUT2D eigenvalue weighted by molar-refractivity contribution is 5.57. The van der Waals surface area contributed by atoms with Crippen LogP contribution in [0.3, 0.4) is 0 Å². The maximum Gasteiger partial charge on any atom is 0.314 e. The van der Waals surface area contributed by atoms with Crippen molar-refractivity contribution >= 4 is 5.69 Å². The number of nitro benzene ring substituents is 1. The van der Waals surface area contributed by atoms with Crippen LogP contribution in [-0.2, 0) is 6.42 Å². The van der Waals surface area contributed by atoms with E-state index in [0.717, 1.165) is 6.42 Å². The summed E-state index contributed by atoms with van der Waals surface area (Å²) in [5, 5.41) is 25.5. The quantitative estimate of drug-likeness (QED) is 0.598. The van der Waals surface area contributed by atoms with E-state index in [2.05, 4.69) is 5.32 Å². The van der Waals surface area contributed by atoms with E-state index in [1.807, 2.05) is 30.3 Å². The Kier molecular flexibility index (Phi) is 5.34. The van der Waals surface area contributed by atoms with Gasteiger partial charge in [0.2, 0.25) is 0 Å². The molecule has 7 heteroatoms. The molecule has 0 spiro atoms. The van der Waals surface area contributed by atoms with E-state index in [1.54, 1.807) is 19.9 Å². The summed E-state index contributed by atoms with van der Waals surface area (Å²) in [7, 11) is 1.39. The number of nitrogens with one attached hydrogen (secondary N) is 1. The largest absolute Gasteiger partial charge is 0.490 e. The summed E-state index contributed by atoms with van der Waals surface area (Å²) in [6.07, 6.45) is -0.0305. The van der Waals surface area contributed by atoms with Crippen molar-refractivity contribution in [2.45, 2.75) is 38.0 Å². The zero-order valence-electron chi connectivity index (χ0n) is 15.6. The van der Waals surface area contributed by atoms with Crippen molar-refractivity contribution in [3.05, 3.63) is 63.7 Å². The third-order valence-electron chi connectivity index (χ3n) is 4.86. The SMILES string of the molecule is COc1cc2c(cc1[N+](=O)[O-])OC(C)(C)C(O)C2NCCc1ccccc1. The van der Waals surface area contributed by atoms with E-state index in [1.165, 1.54) is 18.7 Å². The van der Waals surface area contributed by atoms with Crippen LogP contribution in [0.1, 0.15) is 31.0 Å². The van der Waals surface area contributed by atoms with Crippen molar-refractivity contribution in [3.63, 3.8) is 0 Å². The Labute approximate surface area is 158 Å². The van der Waals surface area contributed by atoms with Crippen LogP contribution in [0.25, 0.3) is 0 Å². The van der Waals surface area contributed by atoms with Crippen LogP contribution in [0.2, 0.25) is 0 Å². The first kappa shape index (κ1) is 19.1. The van der Waals surface area contributed by atoms with Gasteiger partial charge in [-0.1, -0.05) is 30.3 Å². The second-order valence-corrected chi connectivity index (χ2v) is 7.14. The van der Waals surface area contributed by atoms with E-state index in [-0.39, 0.29) is 11.4 Å². The zero-order chi connectivity index (χ0) is 19.6. The van der Waals surface area contributed by atoms with Gasteiger partial charge < -0.3 is 19.9 Å². The average Bonchev–Trinajstić information content (AvgIpc) is 2.64. The van der Waals surface area contributed by atoms with E-state index >= 15 is 0 Å². The number of rotatable bonds is 6. The highest BCUT2D eigenvalue weighted by atomic mass is 16.6. The number of aliphatic hydroxyl groups is 1. The molecule has 2 aromatic rings. The summed E-state index contributed by atoms with van der Waals surface area (Å²) in [5.74, 6) is 0.527. The smallest absolute Gasteiger partial charge is 0.314 e. The third kappa shape index (κ3) is 3.89. The van der Waals surface area contributed by atoms with Gasteiger partial charge in [-0.15, -0.1) is 0 Å². The number of ether oxygens (including phenoxy) is 2. The second kappa shape index (κ2) is 7.54. The number of hydrogen-bond acceptors (Lipinski definition) is 6. The van der Waals surface area contributed by atoms with Gasteiger partial charge in [0.05, 0.1) is 24.1 Å². The monoisotopic (exact) mass is 372 g/mol.